The lowest BCUT2D eigenvalue weighted by Crippen LogP contribution is -2.37. The van der Waals surface area contributed by atoms with Gasteiger partial charge in [-0.05, 0) is 49.4 Å². The molecule has 0 spiro atoms. The molecule has 0 saturated heterocycles. The van der Waals surface area contributed by atoms with Crippen LogP contribution in [0.2, 0.25) is 0 Å². The molecule has 0 radical (unpaired) electrons. The lowest BCUT2D eigenvalue weighted by atomic mass is 10.1. The first-order chi connectivity index (χ1) is 13.6. The highest BCUT2D eigenvalue weighted by molar-refractivity contribution is 5.95. The molecule has 0 unspecified atom stereocenters. The minimum absolute atomic E-state index is 0.0431. The first kappa shape index (κ1) is 17.9. The lowest BCUT2D eigenvalue weighted by molar-refractivity contribution is 0.101. The molecular weight excluding hydrogens is 354 g/mol. The van der Waals surface area contributed by atoms with Crippen molar-refractivity contribution in [2.45, 2.75) is 6.92 Å². The van der Waals surface area contributed by atoms with Crippen LogP contribution in [0.25, 0.3) is 5.70 Å². The molecule has 4 rings (SSSR count). The number of ether oxygens (including phenoxy) is 2. The van der Waals surface area contributed by atoms with Gasteiger partial charge in [0.15, 0.2) is 17.3 Å². The average molecular weight is 375 g/mol. The summed E-state index contributed by atoms with van der Waals surface area (Å²) < 4.78 is 10.8. The first-order valence-electron chi connectivity index (χ1n) is 8.98. The van der Waals surface area contributed by atoms with Crippen molar-refractivity contribution in [2.24, 2.45) is 4.99 Å². The molecule has 2 aliphatic rings. The van der Waals surface area contributed by atoms with Crippen LogP contribution in [-0.2, 0) is 0 Å². The Morgan fingerprint density at radius 3 is 2.64 bits per heavy atom. The van der Waals surface area contributed by atoms with Crippen LogP contribution in [0.15, 0.2) is 65.4 Å². The molecule has 2 aliphatic heterocycles. The SMILES string of the molecule is COc1ccc(C2=CC=NC3=CCN(c4cccc(C(C)=O)c4)N32)cc1OC. The Balaban J connectivity index is 1.74. The van der Waals surface area contributed by atoms with Crippen molar-refractivity contribution in [1.82, 2.24) is 5.01 Å². The topological polar surface area (TPSA) is 54.4 Å². The number of hydrogen-bond donors (Lipinski definition) is 0. The van der Waals surface area contributed by atoms with Crippen molar-refractivity contribution < 1.29 is 14.3 Å². The molecular formula is C22H21N3O3. The zero-order valence-electron chi connectivity index (χ0n) is 16.0. The average Bonchev–Trinajstić information content (AvgIpc) is 3.17. The van der Waals surface area contributed by atoms with E-state index in [1.54, 1.807) is 27.4 Å². The van der Waals surface area contributed by atoms with E-state index in [2.05, 4.69) is 21.1 Å². The summed E-state index contributed by atoms with van der Waals surface area (Å²) in [4.78, 5) is 16.3. The van der Waals surface area contributed by atoms with E-state index < -0.39 is 0 Å². The van der Waals surface area contributed by atoms with Crippen LogP contribution in [0, 0.1) is 0 Å². The second-order valence-electron chi connectivity index (χ2n) is 6.46. The van der Waals surface area contributed by atoms with Crippen LogP contribution >= 0.6 is 0 Å². The number of nitrogens with zero attached hydrogens (tertiary/aromatic N) is 3. The Bertz CT molecular complexity index is 1020. The predicted octanol–water partition coefficient (Wildman–Crippen LogP) is 3.91. The Kier molecular flexibility index (Phi) is 4.61. The van der Waals surface area contributed by atoms with Crippen LogP contribution in [-0.4, -0.2) is 37.8 Å². The number of carbonyl (C=O) groups is 1. The maximum atomic E-state index is 11.8. The van der Waals surface area contributed by atoms with E-state index in [0.29, 0.717) is 23.6 Å². The van der Waals surface area contributed by atoms with Crippen LogP contribution in [0.4, 0.5) is 5.69 Å². The molecule has 2 aromatic rings. The molecule has 142 valence electrons. The van der Waals surface area contributed by atoms with E-state index in [0.717, 1.165) is 22.8 Å². The fourth-order valence-corrected chi connectivity index (χ4v) is 3.40. The highest BCUT2D eigenvalue weighted by Gasteiger charge is 2.30. The van der Waals surface area contributed by atoms with Gasteiger partial charge in [0, 0.05) is 17.3 Å². The quantitative estimate of drug-likeness (QED) is 0.742. The van der Waals surface area contributed by atoms with Gasteiger partial charge in [0.2, 0.25) is 0 Å². The van der Waals surface area contributed by atoms with Gasteiger partial charge in [0.05, 0.1) is 32.1 Å². The maximum absolute atomic E-state index is 11.8. The number of rotatable bonds is 5. The molecule has 0 atom stereocenters. The molecule has 0 N–H and O–H groups in total. The molecule has 0 bridgehead atoms. The number of carbonyl (C=O) groups excluding carboxylic acids is 1. The summed E-state index contributed by atoms with van der Waals surface area (Å²) in [6.07, 6.45) is 5.82. The Morgan fingerprint density at radius 2 is 1.89 bits per heavy atom. The van der Waals surface area contributed by atoms with E-state index in [-0.39, 0.29) is 5.78 Å². The van der Waals surface area contributed by atoms with Gasteiger partial charge in [-0.1, -0.05) is 12.1 Å². The molecule has 0 aliphatic carbocycles. The maximum Gasteiger partial charge on any atom is 0.161 e. The van der Waals surface area contributed by atoms with Crippen molar-refractivity contribution in [2.75, 3.05) is 25.8 Å². The second-order valence-corrected chi connectivity index (χ2v) is 6.46. The van der Waals surface area contributed by atoms with E-state index in [1.807, 2.05) is 48.5 Å². The van der Waals surface area contributed by atoms with E-state index >= 15 is 0 Å². The fraction of sp³-hybridized carbons (Fsp3) is 0.182. The van der Waals surface area contributed by atoms with Gasteiger partial charge in [-0.2, -0.15) is 0 Å². The highest BCUT2D eigenvalue weighted by atomic mass is 16.5. The summed E-state index contributed by atoms with van der Waals surface area (Å²) in [5.41, 5.74) is 3.56. The number of anilines is 1. The second kappa shape index (κ2) is 7.23. The number of aliphatic imine (C=N–C) groups is 1. The summed E-state index contributed by atoms with van der Waals surface area (Å²) in [6.45, 7) is 2.24. The van der Waals surface area contributed by atoms with Crippen LogP contribution in [0.5, 0.6) is 11.5 Å². The number of allylic oxidation sites excluding steroid dienone is 1. The molecule has 6 nitrogen and oxygen atoms in total. The van der Waals surface area contributed by atoms with Gasteiger partial charge in [0.1, 0.15) is 5.82 Å². The van der Waals surface area contributed by atoms with E-state index in [9.17, 15) is 4.79 Å². The number of Topliss-reactive ketones (excluding diaryl/α,β-unsaturated/α-hetero) is 1. The molecule has 0 amide bonds. The molecule has 2 aromatic carbocycles. The summed E-state index contributed by atoms with van der Waals surface area (Å²) in [5.74, 6) is 2.24. The third-order valence-electron chi connectivity index (χ3n) is 4.80. The van der Waals surface area contributed by atoms with Crippen molar-refractivity contribution >= 4 is 23.4 Å². The van der Waals surface area contributed by atoms with E-state index in [4.69, 9.17) is 9.47 Å². The zero-order valence-corrected chi connectivity index (χ0v) is 16.0. The van der Waals surface area contributed by atoms with Gasteiger partial charge < -0.3 is 9.47 Å². The Hall–Kier alpha value is -3.54. The summed E-state index contributed by atoms with van der Waals surface area (Å²) in [5, 5.41) is 4.15. The largest absolute Gasteiger partial charge is 0.493 e. The highest BCUT2D eigenvalue weighted by Crippen LogP contribution is 2.38. The van der Waals surface area contributed by atoms with Gasteiger partial charge in [-0.3, -0.25) is 9.80 Å². The zero-order chi connectivity index (χ0) is 19.7. The number of fused-ring (bicyclic) bond motifs is 1. The third-order valence-corrected chi connectivity index (χ3v) is 4.80. The molecule has 0 saturated carbocycles. The molecule has 2 heterocycles. The standard InChI is InChI=1S/C22H21N3O3/c1-15(26)16-5-4-6-18(13-16)24-12-10-22-23-11-9-19(25(22)24)17-7-8-20(27-2)21(14-17)28-3/h4-11,13-14H,12H2,1-3H3. The molecule has 6 heteroatoms. The number of hydrazine groups is 1. The lowest BCUT2D eigenvalue weighted by Gasteiger charge is -2.35. The number of methoxy groups -OCH3 is 2. The van der Waals surface area contributed by atoms with Crippen molar-refractivity contribution in [1.29, 1.82) is 0 Å². The van der Waals surface area contributed by atoms with Crippen LogP contribution < -0.4 is 14.5 Å². The smallest absolute Gasteiger partial charge is 0.161 e. The Labute approximate surface area is 164 Å². The third kappa shape index (κ3) is 3.03. The Morgan fingerprint density at radius 1 is 1.07 bits per heavy atom. The van der Waals surface area contributed by atoms with Crippen molar-refractivity contribution in [3.8, 4) is 11.5 Å². The van der Waals surface area contributed by atoms with Crippen molar-refractivity contribution in [3.05, 3.63) is 71.6 Å². The van der Waals surface area contributed by atoms with E-state index in [1.165, 1.54) is 0 Å². The van der Waals surface area contributed by atoms with Crippen LogP contribution in [0.3, 0.4) is 0 Å². The monoisotopic (exact) mass is 375 g/mol. The minimum atomic E-state index is 0.0431. The predicted molar refractivity (Wildman–Crippen MR) is 110 cm³/mol. The number of ketones is 1. The molecule has 0 fully saturated rings. The van der Waals surface area contributed by atoms with Gasteiger partial charge in [0.25, 0.3) is 0 Å². The number of benzene rings is 2. The van der Waals surface area contributed by atoms with Crippen molar-refractivity contribution in [3.63, 3.8) is 0 Å². The first-order valence-corrected chi connectivity index (χ1v) is 8.98. The molecule has 28 heavy (non-hydrogen) atoms. The minimum Gasteiger partial charge on any atom is -0.493 e. The number of hydrogen-bond acceptors (Lipinski definition) is 6. The van der Waals surface area contributed by atoms with Gasteiger partial charge in [-0.15, -0.1) is 0 Å². The summed E-state index contributed by atoms with van der Waals surface area (Å²) in [6, 6.07) is 13.5. The summed E-state index contributed by atoms with van der Waals surface area (Å²) >= 11 is 0. The fourth-order valence-electron chi connectivity index (χ4n) is 3.40. The summed E-state index contributed by atoms with van der Waals surface area (Å²) in [7, 11) is 3.24. The van der Waals surface area contributed by atoms with Gasteiger partial charge >= 0.3 is 0 Å². The normalized spacial score (nSPS) is 15.1. The van der Waals surface area contributed by atoms with Crippen LogP contribution in [0.1, 0.15) is 22.8 Å². The van der Waals surface area contributed by atoms with Gasteiger partial charge in [-0.25, -0.2) is 10.0 Å². The molecule has 0 aromatic heterocycles.